The summed E-state index contributed by atoms with van der Waals surface area (Å²) in [6.07, 6.45) is 0.991. The van der Waals surface area contributed by atoms with Gasteiger partial charge in [-0.2, -0.15) is 0 Å². The van der Waals surface area contributed by atoms with Crippen LogP contribution in [0.3, 0.4) is 0 Å². The van der Waals surface area contributed by atoms with Crippen LogP contribution in [0.1, 0.15) is 12.8 Å². The summed E-state index contributed by atoms with van der Waals surface area (Å²) in [4.78, 5) is 16.0. The molecular formula is C13H17N3O5S. The fourth-order valence-corrected chi connectivity index (χ4v) is 2.60. The van der Waals surface area contributed by atoms with E-state index in [1.54, 1.807) is 25.3 Å². The summed E-state index contributed by atoms with van der Waals surface area (Å²) in [6.45, 7) is 1.51. The van der Waals surface area contributed by atoms with Crippen molar-refractivity contribution in [1.82, 2.24) is 15.0 Å². The van der Waals surface area contributed by atoms with Crippen LogP contribution in [0.15, 0.2) is 22.6 Å². The number of hydrogen-bond donors (Lipinski definition) is 2. The number of hydrogen-bond acceptors (Lipinski definition) is 6. The molecule has 120 valence electrons. The normalized spacial score (nSPS) is 13.0. The number of oxazole rings is 1. The maximum Gasteiger partial charge on any atom is 0.238 e. The van der Waals surface area contributed by atoms with Crippen LogP contribution in [0.5, 0.6) is 5.75 Å². The molecule has 8 nitrogen and oxygen atoms in total. The number of carbonyl (C=O) groups is 1. The standard InChI is InChI=1S/C13H17N3O5S/c1-8(16-22(3,18)19)13(17)14-7-12-15-10-6-9(20-2)4-5-11(10)21-12/h4-6,8,16H,7H2,1-3H3,(H,14,17)/t8-/m1/s1. The third-order valence-electron chi connectivity index (χ3n) is 2.84. The van der Waals surface area contributed by atoms with Crippen molar-refractivity contribution in [3.63, 3.8) is 0 Å². The van der Waals surface area contributed by atoms with Crippen molar-refractivity contribution in [2.75, 3.05) is 13.4 Å². The molecule has 1 amide bonds. The Balaban J connectivity index is 2.01. The van der Waals surface area contributed by atoms with Crippen molar-refractivity contribution >= 4 is 27.0 Å². The van der Waals surface area contributed by atoms with Crippen LogP contribution in [-0.4, -0.2) is 38.7 Å². The molecule has 1 atom stereocenters. The van der Waals surface area contributed by atoms with E-state index in [1.807, 2.05) is 0 Å². The Labute approximate surface area is 127 Å². The Morgan fingerprint density at radius 2 is 2.18 bits per heavy atom. The maximum atomic E-state index is 11.8. The third kappa shape index (κ3) is 4.18. The van der Waals surface area contributed by atoms with E-state index in [4.69, 9.17) is 9.15 Å². The van der Waals surface area contributed by atoms with Gasteiger partial charge in [-0.3, -0.25) is 4.79 Å². The van der Waals surface area contributed by atoms with Crippen molar-refractivity contribution in [1.29, 1.82) is 0 Å². The summed E-state index contributed by atoms with van der Waals surface area (Å²) in [7, 11) is -1.89. The molecule has 0 spiro atoms. The number of nitrogens with one attached hydrogen (secondary N) is 2. The molecule has 22 heavy (non-hydrogen) atoms. The first-order chi connectivity index (χ1) is 10.3. The van der Waals surface area contributed by atoms with E-state index < -0.39 is 22.0 Å². The number of ether oxygens (including phenoxy) is 1. The Bertz CT molecular complexity index is 784. The lowest BCUT2D eigenvalue weighted by Crippen LogP contribution is -2.44. The smallest absolute Gasteiger partial charge is 0.238 e. The SMILES string of the molecule is COc1ccc2oc(CNC(=O)[C@@H](C)NS(C)(=O)=O)nc2c1. The highest BCUT2D eigenvalue weighted by Gasteiger charge is 2.17. The molecule has 1 aromatic carbocycles. The van der Waals surface area contributed by atoms with Crippen molar-refractivity contribution < 1.29 is 22.4 Å². The van der Waals surface area contributed by atoms with E-state index in [9.17, 15) is 13.2 Å². The summed E-state index contributed by atoms with van der Waals surface area (Å²) in [5.41, 5.74) is 1.19. The molecular weight excluding hydrogens is 310 g/mol. The van der Waals surface area contributed by atoms with E-state index in [2.05, 4.69) is 15.0 Å². The second-order valence-corrected chi connectivity index (χ2v) is 6.55. The molecule has 0 saturated carbocycles. The predicted molar refractivity (Wildman–Crippen MR) is 79.8 cm³/mol. The molecule has 0 aliphatic rings. The van der Waals surface area contributed by atoms with Gasteiger partial charge < -0.3 is 14.5 Å². The average molecular weight is 327 g/mol. The maximum absolute atomic E-state index is 11.8. The van der Waals surface area contributed by atoms with Gasteiger partial charge in [-0.1, -0.05) is 0 Å². The Hall–Kier alpha value is -2.13. The highest BCUT2D eigenvalue weighted by atomic mass is 32.2. The van der Waals surface area contributed by atoms with Gasteiger partial charge in [0.1, 0.15) is 11.3 Å². The van der Waals surface area contributed by atoms with Gasteiger partial charge >= 0.3 is 0 Å². The molecule has 0 unspecified atom stereocenters. The van der Waals surface area contributed by atoms with Gasteiger partial charge in [0.25, 0.3) is 0 Å². The molecule has 9 heteroatoms. The number of aromatic nitrogens is 1. The van der Waals surface area contributed by atoms with Crippen molar-refractivity contribution in [3.05, 3.63) is 24.1 Å². The number of rotatable bonds is 6. The van der Waals surface area contributed by atoms with Crippen LogP contribution in [0.2, 0.25) is 0 Å². The monoisotopic (exact) mass is 327 g/mol. The third-order valence-corrected chi connectivity index (χ3v) is 3.62. The zero-order valence-electron chi connectivity index (χ0n) is 12.4. The van der Waals surface area contributed by atoms with E-state index in [0.717, 1.165) is 6.26 Å². The summed E-state index contributed by atoms with van der Waals surface area (Å²) >= 11 is 0. The molecule has 0 aliphatic heterocycles. The summed E-state index contributed by atoms with van der Waals surface area (Å²) in [5, 5.41) is 2.56. The van der Waals surface area contributed by atoms with Gasteiger partial charge in [0.05, 0.1) is 26.0 Å². The highest BCUT2D eigenvalue weighted by Crippen LogP contribution is 2.21. The number of carbonyl (C=O) groups excluding carboxylic acids is 1. The minimum Gasteiger partial charge on any atom is -0.497 e. The van der Waals surface area contributed by atoms with Gasteiger partial charge in [-0.25, -0.2) is 18.1 Å². The fourth-order valence-electron chi connectivity index (χ4n) is 1.85. The van der Waals surface area contributed by atoms with Gasteiger partial charge in [0.2, 0.25) is 21.8 Å². The highest BCUT2D eigenvalue weighted by molar-refractivity contribution is 7.88. The molecule has 2 rings (SSSR count). The van der Waals surface area contributed by atoms with Crippen LogP contribution in [0.25, 0.3) is 11.1 Å². The Kier molecular flexibility index (Phi) is 4.67. The van der Waals surface area contributed by atoms with Crippen LogP contribution < -0.4 is 14.8 Å². The Morgan fingerprint density at radius 1 is 1.45 bits per heavy atom. The minimum absolute atomic E-state index is 0.0611. The van der Waals surface area contributed by atoms with Crippen LogP contribution in [-0.2, 0) is 21.4 Å². The first-order valence-corrected chi connectivity index (χ1v) is 8.36. The lowest BCUT2D eigenvalue weighted by molar-refractivity contribution is -0.122. The average Bonchev–Trinajstić information content (AvgIpc) is 2.84. The molecule has 2 N–H and O–H groups in total. The Morgan fingerprint density at radius 3 is 2.82 bits per heavy atom. The van der Waals surface area contributed by atoms with Crippen LogP contribution in [0.4, 0.5) is 0 Å². The minimum atomic E-state index is -3.44. The summed E-state index contributed by atoms with van der Waals surface area (Å²) in [5.74, 6) is 0.510. The molecule has 0 radical (unpaired) electrons. The largest absolute Gasteiger partial charge is 0.497 e. The molecule has 2 aromatic rings. The number of methoxy groups -OCH3 is 1. The van der Waals surface area contributed by atoms with Gasteiger partial charge in [0, 0.05) is 6.07 Å². The number of sulfonamides is 1. The van der Waals surface area contributed by atoms with Crippen LogP contribution >= 0.6 is 0 Å². The first-order valence-electron chi connectivity index (χ1n) is 6.47. The fraction of sp³-hybridized carbons (Fsp3) is 0.385. The zero-order valence-corrected chi connectivity index (χ0v) is 13.2. The van der Waals surface area contributed by atoms with E-state index in [-0.39, 0.29) is 6.54 Å². The van der Waals surface area contributed by atoms with Crippen molar-refractivity contribution in [3.8, 4) is 5.75 Å². The summed E-state index contributed by atoms with van der Waals surface area (Å²) < 4.78 is 34.9. The topological polar surface area (TPSA) is 111 Å². The molecule has 0 saturated heterocycles. The predicted octanol–water partition coefficient (Wildman–Crippen LogP) is 0.390. The zero-order chi connectivity index (χ0) is 16.3. The second kappa shape index (κ2) is 6.32. The van der Waals surface area contributed by atoms with Crippen molar-refractivity contribution in [2.45, 2.75) is 19.5 Å². The number of nitrogens with zero attached hydrogens (tertiary/aromatic N) is 1. The van der Waals surface area contributed by atoms with Crippen LogP contribution in [0, 0.1) is 0 Å². The molecule has 0 bridgehead atoms. The first kappa shape index (κ1) is 16.2. The molecule has 1 aromatic heterocycles. The molecule has 0 fully saturated rings. The second-order valence-electron chi connectivity index (χ2n) is 4.77. The van der Waals surface area contributed by atoms with Gasteiger partial charge in [0.15, 0.2) is 5.58 Å². The summed E-state index contributed by atoms with van der Waals surface area (Å²) in [6, 6.07) is 4.31. The van der Waals surface area contributed by atoms with E-state index in [0.29, 0.717) is 22.7 Å². The molecule has 0 aliphatic carbocycles. The molecule has 1 heterocycles. The van der Waals surface area contributed by atoms with Gasteiger partial charge in [-0.05, 0) is 19.1 Å². The quantitative estimate of drug-likeness (QED) is 0.794. The number of amides is 1. The van der Waals surface area contributed by atoms with Gasteiger partial charge in [-0.15, -0.1) is 0 Å². The van der Waals surface area contributed by atoms with Crippen molar-refractivity contribution in [2.24, 2.45) is 0 Å². The van der Waals surface area contributed by atoms with E-state index in [1.165, 1.54) is 6.92 Å². The lowest BCUT2D eigenvalue weighted by Gasteiger charge is -2.11. The van der Waals surface area contributed by atoms with E-state index >= 15 is 0 Å². The lowest BCUT2D eigenvalue weighted by atomic mass is 10.3. The number of benzene rings is 1. The number of fused-ring (bicyclic) bond motifs is 1.